The molecule has 0 aliphatic rings. The van der Waals surface area contributed by atoms with Gasteiger partial charge in [-0.05, 0) is 0 Å². The van der Waals surface area contributed by atoms with E-state index in [4.69, 9.17) is 14.8 Å². The summed E-state index contributed by atoms with van der Waals surface area (Å²) in [6.07, 6.45) is 0. The van der Waals surface area contributed by atoms with Crippen molar-refractivity contribution in [3.05, 3.63) is 91.0 Å². The van der Waals surface area contributed by atoms with Gasteiger partial charge in [0.25, 0.3) is 0 Å². The van der Waals surface area contributed by atoms with Crippen molar-refractivity contribution in [1.82, 2.24) is 0 Å². The molecule has 0 fully saturated rings. The van der Waals surface area contributed by atoms with Gasteiger partial charge in [0.05, 0.1) is 0 Å². The minimum atomic E-state index is -3.72. The molecule has 0 aromatic heterocycles. The second-order valence-electron chi connectivity index (χ2n) is 4.50. The van der Waals surface area contributed by atoms with E-state index in [0.29, 0.717) is 17.2 Å². The van der Waals surface area contributed by atoms with Gasteiger partial charge in [-0.2, -0.15) is 0 Å². The zero-order chi connectivity index (χ0) is 16.0. The summed E-state index contributed by atoms with van der Waals surface area (Å²) in [4.78, 5) is 0. The van der Waals surface area contributed by atoms with Crippen molar-refractivity contribution in [2.75, 3.05) is 0 Å². The van der Waals surface area contributed by atoms with Crippen molar-refractivity contribution in [2.45, 2.75) is 0 Å². The molecular weight excluding hydrogens is 295 g/mol. The van der Waals surface area contributed by atoms with Crippen LogP contribution in [0.4, 0.5) is 0 Å². The van der Waals surface area contributed by atoms with E-state index >= 15 is 0 Å². The number of hydrogen-bond acceptors (Lipinski definition) is 3. The third-order valence-electron chi connectivity index (χ3n) is 2.83. The zero-order valence-corrected chi connectivity index (χ0v) is 12.9. The van der Waals surface area contributed by atoms with E-state index < -0.39 is 8.55 Å². The van der Waals surface area contributed by atoms with Crippen LogP contribution in [0.5, 0.6) is 17.2 Å². The fourth-order valence-corrected chi connectivity index (χ4v) is 2.93. The molecule has 22 heavy (non-hydrogen) atoms. The molecule has 0 spiro atoms. The number of hydrogen-bond donors (Lipinski definition) is 0. The van der Waals surface area contributed by atoms with Crippen LogP contribution in [0.1, 0.15) is 0 Å². The summed E-state index contributed by atoms with van der Waals surface area (Å²) in [6.45, 7) is 0. The summed E-state index contributed by atoms with van der Waals surface area (Å²) in [5, 5.41) is 0. The minimum absolute atomic E-state index is 0.543. The third kappa shape index (κ3) is 4.24. The van der Waals surface area contributed by atoms with E-state index in [1.54, 1.807) is 36.4 Å². The van der Waals surface area contributed by atoms with Gasteiger partial charge < -0.3 is 0 Å². The van der Waals surface area contributed by atoms with Gasteiger partial charge in [-0.1, -0.05) is 0 Å². The normalized spacial score (nSPS) is 12.1. The number of para-hydroxylation sites is 3. The molecular formula is C18H17O3P. The van der Waals surface area contributed by atoms with Crippen molar-refractivity contribution >= 4 is 8.55 Å². The third-order valence-corrected chi connectivity index (χ3v) is 4.04. The second-order valence-corrected chi connectivity index (χ2v) is 5.61. The predicted octanol–water partition coefficient (Wildman–Crippen LogP) is 4.91. The van der Waals surface area contributed by atoms with E-state index in [0.717, 1.165) is 0 Å². The summed E-state index contributed by atoms with van der Waals surface area (Å²) in [7, 11) is -3.72. The van der Waals surface area contributed by atoms with Crippen LogP contribution in [0.2, 0.25) is 0 Å². The van der Waals surface area contributed by atoms with Crippen molar-refractivity contribution in [2.24, 2.45) is 0 Å². The Hall–Kier alpha value is -2.51. The molecule has 0 aliphatic heterocycles. The molecule has 0 bridgehead atoms. The molecule has 0 aliphatic carbocycles. The van der Waals surface area contributed by atoms with Gasteiger partial charge in [-0.25, -0.2) is 0 Å². The first kappa shape index (κ1) is 13.2. The SMILES string of the molecule is [3H][PH](Oc1ccccc1)(Oc1ccccc1)Oc1ccccc1. The number of benzene rings is 3. The van der Waals surface area contributed by atoms with Crippen LogP contribution in [0.3, 0.4) is 0 Å². The van der Waals surface area contributed by atoms with Crippen LogP contribution in [0, 0.1) is 0 Å². The molecule has 0 saturated heterocycles. The molecule has 3 nitrogen and oxygen atoms in total. The molecule has 0 amide bonds. The predicted molar refractivity (Wildman–Crippen MR) is 90.9 cm³/mol. The molecule has 3 rings (SSSR count). The quantitative estimate of drug-likeness (QED) is 0.605. The zero-order valence-electron chi connectivity index (χ0n) is 12.9. The van der Waals surface area contributed by atoms with Crippen LogP contribution in [-0.2, 0) is 0 Å². The van der Waals surface area contributed by atoms with Crippen LogP contribution in [0.25, 0.3) is 0 Å². The molecule has 0 unspecified atom stereocenters. The summed E-state index contributed by atoms with van der Waals surface area (Å²) in [6, 6.07) is 27.4. The topological polar surface area (TPSA) is 27.7 Å². The van der Waals surface area contributed by atoms with E-state index in [2.05, 4.69) is 0 Å². The molecule has 0 heterocycles. The van der Waals surface area contributed by atoms with Gasteiger partial charge in [0.1, 0.15) is 0 Å². The monoisotopic (exact) mass is 314 g/mol. The van der Waals surface area contributed by atoms with Crippen LogP contribution in [0.15, 0.2) is 91.0 Å². The first-order valence-corrected chi connectivity index (χ1v) is 8.18. The van der Waals surface area contributed by atoms with E-state index in [1.807, 2.05) is 54.6 Å². The molecule has 0 atom stereocenters. The van der Waals surface area contributed by atoms with Crippen LogP contribution >= 0.6 is 8.55 Å². The molecule has 4 heteroatoms. The van der Waals surface area contributed by atoms with Gasteiger partial charge >= 0.3 is 132 Å². The van der Waals surface area contributed by atoms with Crippen molar-refractivity contribution in [3.8, 4) is 17.2 Å². The van der Waals surface area contributed by atoms with Gasteiger partial charge in [-0.15, -0.1) is 0 Å². The Morgan fingerprint density at radius 2 is 0.773 bits per heavy atom. The van der Waals surface area contributed by atoms with Gasteiger partial charge in [0.15, 0.2) is 0 Å². The van der Waals surface area contributed by atoms with Gasteiger partial charge in [-0.3, -0.25) is 0 Å². The Kier molecular flexibility index (Phi) is 4.48. The van der Waals surface area contributed by atoms with Crippen LogP contribution < -0.4 is 13.6 Å². The Bertz CT molecular complexity index is 622. The molecule has 3 aromatic rings. The van der Waals surface area contributed by atoms with Gasteiger partial charge in [0, 0.05) is 0 Å². The average Bonchev–Trinajstić information content (AvgIpc) is 2.57. The Labute approximate surface area is 132 Å². The molecule has 0 radical (unpaired) electrons. The summed E-state index contributed by atoms with van der Waals surface area (Å²) >= 11 is 0. The van der Waals surface area contributed by atoms with Crippen LogP contribution in [-0.4, -0.2) is 1.28 Å². The fourth-order valence-electron chi connectivity index (χ4n) is 1.82. The van der Waals surface area contributed by atoms with Crippen molar-refractivity contribution in [1.29, 1.82) is 1.28 Å². The summed E-state index contributed by atoms with van der Waals surface area (Å²) in [5.41, 5.74) is 0. The summed E-state index contributed by atoms with van der Waals surface area (Å²) in [5.74, 6) is 1.63. The molecule has 112 valence electrons. The van der Waals surface area contributed by atoms with E-state index in [-0.39, 0.29) is 0 Å². The maximum absolute atomic E-state index is 8.61. The Balaban J connectivity index is 1.85. The average molecular weight is 314 g/mol. The Morgan fingerprint density at radius 3 is 1.05 bits per heavy atom. The Morgan fingerprint density at radius 1 is 0.500 bits per heavy atom. The van der Waals surface area contributed by atoms with Gasteiger partial charge in [0.2, 0.25) is 0 Å². The molecule has 0 N–H and O–H groups in total. The fraction of sp³-hybridized carbons (Fsp3) is 0. The first-order chi connectivity index (χ1) is 11.2. The van der Waals surface area contributed by atoms with Crippen molar-refractivity contribution < 1.29 is 13.6 Å². The molecule has 0 saturated carbocycles. The summed E-state index contributed by atoms with van der Waals surface area (Å²) < 4.78 is 25.9. The second kappa shape index (κ2) is 7.48. The standard InChI is InChI=1S/C18H17O3P/c1-4-10-16(11-5-1)19-22(20-17-12-6-2-7-13-17)21-18-14-8-3-9-15-18/h1-15H,22H2/i22T. The van der Waals surface area contributed by atoms with E-state index in [9.17, 15) is 0 Å². The van der Waals surface area contributed by atoms with Crippen molar-refractivity contribution in [3.63, 3.8) is 0 Å². The maximum atomic E-state index is 8.61. The number of rotatable bonds is 6. The van der Waals surface area contributed by atoms with E-state index in [1.165, 1.54) is 0 Å². The molecule has 3 aromatic carbocycles. The first-order valence-electron chi connectivity index (χ1n) is 7.46.